The highest BCUT2D eigenvalue weighted by Gasteiger charge is 2.35. The molecule has 0 aromatic heterocycles. The van der Waals surface area contributed by atoms with Gasteiger partial charge in [-0.25, -0.2) is 9.59 Å². The largest absolute Gasteiger partial charge is 0.528 e. The summed E-state index contributed by atoms with van der Waals surface area (Å²) in [6.07, 6.45) is 2.60. The molecule has 0 aliphatic carbocycles. The van der Waals surface area contributed by atoms with Crippen LogP contribution >= 0.6 is 0 Å². The summed E-state index contributed by atoms with van der Waals surface area (Å²) in [7, 11) is 2.34. The highest BCUT2D eigenvalue weighted by Crippen LogP contribution is 2.18. The van der Waals surface area contributed by atoms with Gasteiger partial charge in [0, 0.05) is 42.7 Å². The number of carboxylic acids is 2. The predicted molar refractivity (Wildman–Crippen MR) is 103 cm³/mol. The van der Waals surface area contributed by atoms with Crippen molar-refractivity contribution >= 4 is 29.5 Å². The minimum Gasteiger partial charge on any atom is -0.478 e. The molecule has 0 aromatic rings. The number of carboxylic acid groups (broad SMARTS) is 2. The normalized spacial score (nSPS) is 13.9. The summed E-state index contributed by atoms with van der Waals surface area (Å²) >= 11 is 0. The van der Waals surface area contributed by atoms with Crippen LogP contribution < -0.4 is 0 Å². The van der Waals surface area contributed by atoms with Gasteiger partial charge in [0.05, 0.1) is 11.1 Å². The summed E-state index contributed by atoms with van der Waals surface area (Å²) < 4.78 is 31.2. The fourth-order valence-electron chi connectivity index (χ4n) is 2.23. The zero-order chi connectivity index (χ0) is 21.8. The summed E-state index contributed by atoms with van der Waals surface area (Å²) in [6.45, 7) is 0. The second kappa shape index (κ2) is 12.7. The Morgan fingerprint density at radius 2 is 0.893 bits per heavy atom. The number of rotatable bonds is 14. The molecule has 0 saturated carbocycles. The Bertz CT molecular complexity index is 538. The van der Waals surface area contributed by atoms with Crippen molar-refractivity contribution in [3.63, 3.8) is 0 Å². The fourth-order valence-corrected chi connectivity index (χ4v) is 4.86. The van der Waals surface area contributed by atoms with E-state index in [1.165, 1.54) is 66.2 Å². The molecule has 0 atom stereocenters. The Balaban J connectivity index is 5.72. The molecule has 12 heteroatoms. The van der Waals surface area contributed by atoms with Gasteiger partial charge in [0.1, 0.15) is 0 Å². The van der Waals surface area contributed by atoms with E-state index in [1.54, 1.807) is 0 Å². The zero-order valence-corrected chi connectivity index (χ0v) is 18.9. The van der Waals surface area contributed by atoms with Crippen LogP contribution in [0.2, 0.25) is 0 Å². The first-order valence-electron chi connectivity index (χ1n) is 8.05. The maximum Gasteiger partial charge on any atom is 0.528 e. The molecule has 0 aromatic carbocycles. The van der Waals surface area contributed by atoms with Crippen LogP contribution in [0.15, 0.2) is 34.7 Å². The summed E-state index contributed by atoms with van der Waals surface area (Å²) in [5, 5.41) is 18.9. The first-order chi connectivity index (χ1) is 13.2. The third-order valence-electron chi connectivity index (χ3n) is 3.88. The molecule has 0 aliphatic rings. The van der Waals surface area contributed by atoms with Gasteiger partial charge >= 0.3 is 29.5 Å². The Labute approximate surface area is 166 Å². The second-order valence-electron chi connectivity index (χ2n) is 5.21. The second-order valence-corrected chi connectivity index (χ2v) is 10.7. The first kappa shape index (κ1) is 26.4. The number of allylic oxidation sites excluding steroid dienone is 2. The van der Waals surface area contributed by atoms with Crippen LogP contribution in [0.1, 0.15) is 12.8 Å². The first-order valence-corrected chi connectivity index (χ1v) is 11.7. The van der Waals surface area contributed by atoms with E-state index in [0.717, 1.165) is 0 Å². The van der Waals surface area contributed by atoms with E-state index < -0.39 is 29.5 Å². The van der Waals surface area contributed by atoms with E-state index in [0.29, 0.717) is 0 Å². The van der Waals surface area contributed by atoms with Crippen molar-refractivity contribution in [3.05, 3.63) is 34.7 Å². The number of hydrogen-bond acceptors (Lipinski definition) is 8. The van der Waals surface area contributed by atoms with Crippen LogP contribution in [0.25, 0.3) is 0 Å². The molecular formula is C16H28O10Si2. The van der Waals surface area contributed by atoms with Crippen LogP contribution in [-0.2, 0) is 36.1 Å². The Hall–Kier alpha value is -1.65. The molecule has 0 saturated heterocycles. The number of aliphatic carboxylic acids is 2. The predicted octanol–water partition coefficient (Wildman–Crippen LogP) is 1.18. The molecule has 0 spiro atoms. The third-order valence-corrected chi connectivity index (χ3v) is 8.58. The van der Waals surface area contributed by atoms with Gasteiger partial charge in [-0.15, -0.1) is 0 Å². The van der Waals surface area contributed by atoms with Gasteiger partial charge in [0.15, 0.2) is 0 Å². The van der Waals surface area contributed by atoms with Crippen LogP contribution in [0.5, 0.6) is 0 Å². The van der Waals surface area contributed by atoms with Gasteiger partial charge in [0.2, 0.25) is 0 Å². The minimum atomic E-state index is -3.05. The molecule has 160 valence electrons. The van der Waals surface area contributed by atoms with Crippen molar-refractivity contribution in [1.82, 2.24) is 0 Å². The fraction of sp³-hybridized carbons (Fsp3) is 0.500. The van der Waals surface area contributed by atoms with Gasteiger partial charge < -0.3 is 36.8 Å². The topological polar surface area (TPSA) is 130 Å². The zero-order valence-electron chi connectivity index (χ0n) is 16.9. The highest BCUT2D eigenvalue weighted by molar-refractivity contribution is 6.66. The smallest absolute Gasteiger partial charge is 0.478 e. The molecule has 0 aliphatic heterocycles. The van der Waals surface area contributed by atoms with Crippen LogP contribution in [0, 0.1) is 0 Å². The molecule has 28 heavy (non-hydrogen) atoms. The van der Waals surface area contributed by atoms with Crippen molar-refractivity contribution in [2.24, 2.45) is 0 Å². The Morgan fingerprint density at radius 3 is 1.07 bits per heavy atom. The molecule has 0 fully saturated rings. The van der Waals surface area contributed by atoms with Gasteiger partial charge in [-0.1, -0.05) is 12.2 Å². The molecule has 10 nitrogen and oxygen atoms in total. The Morgan fingerprint density at radius 1 is 0.643 bits per heavy atom. The van der Waals surface area contributed by atoms with E-state index in [4.69, 9.17) is 26.6 Å². The Kier molecular flexibility index (Phi) is 12.0. The lowest BCUT2D eigenvalue weighted by Crippen LogP contribution is -2.41. The van der Waals surface area contributed by atoms with Crippen molar-refractivity contribution in [2.75, 3.05) is 42.7 Å². The van der Waals surface area contributed by atoms with Gasteiger partial charge in [-0.3, -0.25) is 0 Å². The summed E-state index contributed by atoms with van der Waals surface area (Å²) in [5.41, 5.74) is 2.42. The van der Waals surface area contributed by atoms with E-state index >= 15 is 0 Å². The SMILES string of the molecule is CO[Si](/C=C/C/C(C(=O)O)=C(\C/C=C/[Si](OC)(OC)OC)C(=O)O)(OC)OC. The lowest BCUT2D eigenvalue weighted by molar-refractivity contribution is -0.136. The quantitative estimate of drug-likeness (QED) is 0.302. The van der Waals surface area contributed by atoms with E-state index in [2.05, 4.69) is 0 Å². The standard InChI is InChI=1S/C16H28O10Si2/c1-21-27(22-2,23-3)11-7-9-13(15(17)18)14(16(19)20)10-8-12-28(24-4,25-5)26-6/h7-8,11-12H,9-10H2,1-6H3,(H,17,18)(H,19,20)/b11-7+,12-8+,14-13-. The van der Waals surface area contributed by atoms with Gasteiger partial charge in [0.25, 0.3) is 0 Å². The molecule has 2 N–H and O–H groups in total. The number of carbonyl (C=O) groups is 2. The van der Waals surface area contributed by atoms with Crippen molar-refractivity contribution in [3.8, 4) is 0 Å². The van der Waals surface area contributed by atoms with E-state index in [1.807, 2.05) is 0 Å². The maximum absolute atomic E-state index is 11.6. The molecule has 0 unspecified atom stereocenters. The molecular weight excluding hydrogens is 408 g/mol. The summed E-state index contributed by atoms with van der Waals surface area (Å²) in [4.78, 5) is 23.2. The van der Waals surface area contributed by atoms with Crippen LogP contribution in [-0.4, -0.2) is 82.4 Å². The lowest BCUT2D eigenvalue weighted by atomic mass is 10.0. The van der Waals surface area contributed by atoms with Gasteiger partial charge in [-0.05, 0) is 24.2 Å². The minimum absolute atomic E-state index is 0.156. The molecule has 0 heterocycles. The van der Waals surface area contributed by atoms with Crippen LogP contribution in [0.4, 0.5) is 0 Å². The molecule has 0 amide bonds. The monoisotopic (exact) mass is 436 g/mol. The average Bonchev–Trinajstić information content (AvgIpc) is 2.70. The summed E-state index contributed by atoms with van der Waals surface area (Å²) in [6, 6.07) is 0. The van der Waals surface area contributed by atoms with E-state index in [-0.39, 0.29) is 24.0 Å². The maximum atomic E-state index is 11.6. The number of hydrogen-bond donors (Lipinski definition) is 2. The van der Waals surface area contributed by atoms with E-state index in [9.17, 15) is 19.8 Å². The molecule has 0 rings (SSSR count). The highest BCUT2D eigenvalue weighted by atomic mass is 28.4. The van der Waals surface area contributed by atoms with Crippen molar-refractivity contribution < 1.29 is 46.4 Å². The average molecular weight is 437 g/mol. The van der Waals surface area contributed by atoms with Gasteiger partial charge in [-0.2, -0.15) is 0 Å². The molecule has 0 bridgehead atoms. The summed E-state index contributed by atoms with van der Waals surface area (Å²) in [5.74, 6) is -2.69. The van der Waals surface area contributed by atoms with Crippen molar-refractivity contribution in [2.45, 2.75) is 12.8 Å². The third kappa shape index (κ3) is 7.40. The lowest BCUT2D eigenvalue weighted by Gasteiger charge is -2.20. The van der Waals surface area contributed by atoms with Crippen LogP contribution in [0.3, 0.4) is 0 Å². The molecule has 0 radical (unpaired) electrons. The van der Waals surface area contributed by atoms with Crippen molar-refractivity contribution in [1.29, 1.82) is 0 Å².